The fourth-order valence-electron chi connectivity index (χ4n) is 2.07. The van der Waals surface area contributed by atoms with E-state index >= 15 is 0 Å². The van der Waals surface area contributed by atoms with Gasteiger partial charge in [-0.1, -0.05) is 26.0 Å². The van der Waals surface area contributed by atoms with Gasteiger partial charge in [-0.2, -0.15) is 0 Å². The van der Waals surface area contributed by atoms with Gasteiger partial charge in [0, 0.05) is 12.2 Å². The lowest BCUT2D eigenvalue weighted by Gasteiger charge is -2.17. The zero-order valence-corrected chi connectivity index (χ0v) is 11.9. The number of rotatable bonds is 5. The Balaban J connectivity index is 2.24. The van der Waals surface area contributed by atoms with Crippen LogP contribution in [0.25, 0.3) is 11.4 Å². The zero-order valence-electron chi connectivity index (χ0n) is 11.9. The highest BCUT2D eigenvalue weighted by atomic mass is 15.1. The van der Waals surface area contributed by atoms with E-state index in [4.69, 9.17) is 4.98 Å². The maximum absolute atomic E-state index is 4.72. The molecule has 2 rings (SSSR count). The first kappa shape index (κ1) is 13.7. The molecule has 0 aliphatic rings. The first-order valence-electron chi connectivity index (χ1n) is 6.85. The highest BCUT2D eigenvalue weighted by molar-refractivity contribution is 5.54. The van der Waals surface area contributed by atoms with E-state index in [1.807, 2.05) is 31.2 Å². The fourth-order valence-corrected chi connectivity index (χ4v) is 2.07. The molecule has 0 unspecified atom stereocenters. The molecule has 3 heteroatoms. The summed E-state index contributed by atoms with van der Waals surface area (Å²) in [6.07, 6.45) is 0. The summed E-state index contributed by atoms with van der Waals surface area (Å²) in [4.78, 5) is 11.6. The third kappa shape index (κ3) is 3.61. The van der Waals surface area contributed by atoms with Crippen molar-refractivity contribution in [3.8, 4) is 11.4 Å². The van der Waals surface area contributed by atoms with Crippen LogP contribution in [-0.4, -0.2) is 28.0 Å². The molecule has 2 heterocycles. The molecule has 100 valence electrons. The second kappa shape index (κ2) is 6.43. The summed E-state index contributed by atoms with van der Waals surface area (Å²) in [5.74, 6) is 0. The predicted octanol–water partition coefficient (Wildman–Crippen LogP) is 3.29. The molecule has 0 aliphatic heterocycles. The van der Waals surface area contributed by atoms with Crippen molar-refractivity contribution in [1.29, 1.82) is 0 Å². The quantitative estimate of drug-likeness (QED) is 0.821. The average molecular weight is 255 g/mol. The molecule has 0 spiro atoms. The summed E-state index contributed by atoms with van der Waals surface area (Å²) < 4.78 is 0. The van der Waals surface area contributed by atoms with Crippen molar-refractivity contribution in [2.75, 3.05) is 13.1 Å². The van der Waals surface area contributed by atoms with E-state index in [-0.39, 0.29) is 0 Å². The van der Waals surface area contributed by atoms with Crippen LogP contribution in [0, 0.1) is 6.92 Å². The lowest BCUT2D eigenvalue weighted by Crippen LogP contribution is -2.22. The summed E-state index contributed by atoms with van der Waals surface area (Å²) in [7, 11) is 0. The summed E-state index contributed by atoms with van der Waals surface area (Å²) in [6.45, 7) is 9.34. The van der Waals surface area contributed by atoms with Crippen molar-refractivity contribution in [3.63, 3.8) is 0 Å². The van der Waals surface area contributed by atoms with E-state index in [2.05, 4.69) is 35.9 Å². The van der Waals surface area contributed by atoms with Gasteiger partial charge in [0.25, 0.3) is 0 Å². The highest BCUT2D eigenvalue weighted by Gasteiger charge is 2.05. The summed E-state index contributed by atoms with van der Waals surface area (Å²) in [6, 6.07) is 12.2. The van der Waals surface area contributed by atoms with Crippen molar-refractivity contribution in [1.82, 2.24) is 14.9 Å². The second-order valence-electron chi connectivity index (χ2n) is 4.64. The normalized spacial score (nSPS) is 10.9. The van der Waals surface area contributed by atoms with Gasteiger partial charge in [-0.05, 0) is 44.3 Å². The van der Waals surface area contributed by atoms with Crippen LogP contribution in [0.5, 0.6) is 0 Å². The van der Waals surface area contributed by atoms with Crippen molar-refractivity contribution < 1.29 is 0 Å². The van der Waals surface area contributed by atoms with Gasteiger partial charge in [-0.25, -0.2) is 4.98 Å². The first-order chi connectivity index (χ1) is 9.22. The van der Waals surface area contributed by atoms with Gasteiger partial charge in [-0.15, -0.1) is 0 Å². The molecule has 0 fully saturated rings. The van der Waals surface area contributed by atoms with Crippen LogP contribution >= 0.6 is 0 Å². The predicted molar refractivity (Wildman–Crippen MR) is 78.8 cm³/mol. The van der Waals surface area contributed by atoms with E-state index in [0.29, 0.717) is 0 Å². The molecule has 0 saturated heterocycles. The van der Waals surface area contributed by atoms with Gasteiger partial charge in [0.2, 0.25) is 0 Å². The van der Waals surface area contributed by atoms with E-state index in [0.717, 1.165) is 42.4 Å². The second-order valence-corrected chi connectivity index (χ2v) is 4.64. The minimum absolute atomic E-state index is 0.895. The van der Waals surface area contributed by atoms with E-state index in [1.165, 1.54) is 0 Å². The first-order valence-corrected chi connectivity index (χ1v) is 6.85. The molecule has 2 aromatic heterocycles. The fraction of sp³-hybridized carbons (Fsp3) is 0.375. The Hall–Kier alpha value is -1.74. The topological polar surface area (TPSA) is 29.0 Å². The summed E-state index contributed by atoms with van der Waals surface area (Å²) in [5, 5.41) is 0. The minimum Gasteiger partial charge on any atom is -0.298 e. The van der Waals surface area contributed by atoms with Crippen LogP contribution in [-0.2, 0) is 6.54 Å². The Morgan fingerprint density at radius 3 is 2.16 bits per heavy atom. The summed E-state index contributed by atoms with van der Waals surface area (Å²) in [5.41, 5.74) is 4.02. The third-order valence-electron chi connectivity index (χ3n) is 3.24. The third-order valence-corrected chi connectivity index (χ3v) is 3.24. The molecule has 0 radical (unpaired) electrons. The van der Waals surface area contributed by atoms with E-state index in [1.54, 1.807) is 0 Å². The van der Waals surface area contributed by atoms with Crippen molar-refractivity contribution in [2.24, 2.45) is 0 Å². The number of aromatic nitrogens is 2. The van der Waals surface area contributed by atoms with E-state index < -0.39 is 0 Å². The Morgan fingerprint density at radius 1 is 0.895 bits per heavy atom. The number of pyridine rings is 2. The Morgan fingerprint density at radius 2 is 1.53 bits per heavy atom. The standard InChI is InChI=1S/C16H21N3/c1-4-19(5-2)12-14-9-7-11-16(18-14)15-10-6-8-13(3)17-15/h6-11H,4-5,12H2,1-3H3. The SMILES string of the molecule is CCN(CC)Cc1cccc(-c2cccc(C)n2)n1. The molecule has 0 saturated carbocycles. The van der Waals surface area contributed by atoms with Gasteiger partial charge in [0.05, 0.1) is 17.1 Å². The van der Waals surface area contributed by atoms with E-state index in [9.17, 15) is 0 Å². The van der Waals surface area contributed by atoms with Crippen LogP contribution in [0.15, 0.2) is 36.4 Å². The maximum atomic E-state index is 4.72. The molecule has 3 nitrogen and oxygen atoms in total. The molecule has 0 N–H and O–H groups in total. The molecular formula is C16H21N3. The van der Waals surface area contributed by atoms with Crippen LogP contribution in [0.2, 0.25) is 0 Å². The van der Waals surface area contributed by atoms with Crippen LogP contribution in [0.4, 0.5) is 0 Å². The number of hydrogen-bond donors (Lipinski definition) is 0. The van der Waals surface area contributed by atoms with Gasteiger partial charge >= 0.3 is 0 Å². The summed E-state index contributed by atoms with van der Waals surface area (Å²) >= 11 is 0. The van der Waals surface area contributed by atoms with Crippen molar-refractivity contribution in [3.05, 3.63) is 47.8 Å². The number of nitrogens with zero attached hydrogens (tertiary/aromatic N) is 3. The van der Waals surface area contributed by atoms with Gasteiger partial charge in [0.1, 0.15) is 0 Å². The molecular weight excluding hydrogens is 234 g/mol. The smallest absolute Gasteiger partial charge is 0.0890 e. The van der Waals surface area contributed by atoms with Gasteiger partial charge < -0.3 is 0 Å². The Labute approximate surface area is 115 Å². The monoisotopic (exact) mass is 255 g/mol. The van der Waals surface area contributed by atoms with Crippen LogP contribution < -0.4 is 0 Å². The van der Waals surface area contributed by atoms with Crippen LogP contribution in [0.1, 0.15) is 25.2 Å². The average Bonchev–Trinajstić information content (AvgIpc) is 2.45. The largest absolute Gasteiger partial charge is 0.298 e. The molecule has 0 aliphatic carbocycles. The molecule has 19 heavy (non-hydrogen) atoms. The van der Waals surface area contributed by atoms with Gasteiger partial charge in [0.15, 0.2) is 0 Å². The molecule has 0 aromatic carbocycles. The molecule has 0 bridgehead atoms. The highest BCUT2D eigenvalue weighted by Crippen LogP contribution is 2.15. The molecule has 0 amide bonds. The Bertz CT molecular complexity index is 533. The lowest BCUT2D eigenvalue weighted by atomic mass is 10.2. The van der Waals surface area contributed by atoms with Gasteiger partial charge in [-0.3, -0.25) is 9.88 Å². The maximum Gasteiger partial charge on any atom is 0.0890 e. The lowest BCUT2D eigenvalue weighted by molar-refractivity contribution is 0.292. The molecule has 2 aromatic rings. The molecule has 0 atom stereocenters. The van der Waals surface area contributed by atoms with Crippen LogP contribution in [0.3, 0.4) is 0 Å². The van der Waals surface area contributed by atoms with Crippen molar-refractivity contribution >= 4 is 0 Å². The minimum atomic E-state index is 0.895. The zero-order chi connectivity index (χ0) is 13.7. The number of hydrogen-bond acceptors (Lipinski definition) is 3. The number of aryl methyl sites for hydroxylation is 1. The van der Waals surface area contributed by atoms with Crippen molar-refractivity contribution in [2.45, 2.75) is 27.3 Å². The Kier molecular flexibility index (Phi) is 4.63.